The third-order valence-electron chi connectivity index (χ3n) is 1.72. The van der Waals surface area contributed by atoms with Gasteiger partial charge in [-0.15, -0.1) is 0 Å². The smallest absolute Gasteiger partial charge is 0.360 e. The quantitative estimate of drug-likeness (QED) is 0.605. The zero-order valence-electron chi connectivity index (χ0n) is 7.46. The molecule has 1 nitrogen and oxygen atoms in total. The molecule has 0 aromatic heterocycles. The number of halogens is 3. The van der Waals surface area contributed by atoms with E-state index in [1.807, 2.05) is 0 Å². The molecule has 1 rings (SSSR count). The van der Waals surface area contributed by atoms with E-state index < -0.39 is 17.4 Å². The van der Waals surface area contributed by atoms with Crippen LogP contribution in [0.4, 0.5) is 13.2 Å². The summed E-state index contributed by atoms with van der Waals surface area (Å²) in [6, 6.07) is 0. The Morgan fingerprint density at radius 1 is 1.08 bits per heavy atom. The van der Waals surface area contributed by atoms with Gasteiger partial charge < -0.3 is 4.74 Å². The van der Waals surface area contributed by atoms with Gasteiger partial charge in [0, 0.05) is 0 Å². The van der Waals surface area contributed by atoms with Crippen molar-refractivity contribution in [3.8, 4) is 0 Å². The molecule has 0 atom stereocenters. The fourth-order valence-corrected chi connectivity index (χ4v) is 1.14. The molecule has 0 aliphatic heterocycles. The van der Waals surface area contributed by atoms with Crippen LogP contribution in [0, 0.1) is 0 Å². The average Bonchev–Trinajstić information content (AvgIpc) is 2.39. The third-order valence-corrected chi connectivity index (χ3v) is 1.72. The Labute approximate surface area is 69.9 Å². The lowest BCUT2D eigenvalue weighted by Crippen LogP contribution is -2.40. The summed E-state index contributed by atoms with van der Waals surface area (Å²) in [4.78, 5) is 0. The molecule has 0 amide bonds. The molecule has 0 unspecified atom stereocenters. The first kappa shape index (κ1) is 9.84. The van der Waals surface area contributed by atoms with Crippen molar-refractivity contribution in [2.75, 3.05) is 0 Å². The van der Waals surface area contributed by atoms with Crippen LogP contribution in [0.25, 0.3) is 0 Å². The summed E-state index contributed by atoms with van der Waals surface area (Å²) in [5.41, 5.74) is -2.54. The van der Waals surface area contributed by atoms with Crippen LogP contribution in [0.15, 0.2) is 0 Å². The van der Waals surface area contributed by atoms with E-state index in [-0.39, 0.29) is 12.8 Å². The molecule has 1 aliphatic carbocycles. The number of hydrogen-bond donors (Lipinski definition) is 0. The third kappa shape index (κ3) is 1.91. The van der Waals surface area contributed by atoms with E-state index in [0.717, 1.165) is 0 Å². The van der Waals surface area contributed by atoms with Gasteiger partial charge >= 0.3 is 6.18 Å². The van der Waals surface area contributed by atoms with Crippen molar-refractivity contribution in [3.05, 3.63) is 0 Å². The SMILES string of the molecule is CC(C)(C)OC1(C(F)(F)F)CC1. The number of ether oxygens (including phenoxy) is 1. The second-order valence-corrected chi connectivity index (χ2v) is 4.21. The van der Waals surface area contributed by atoms with Gasteiger partial charge in [0.2, 0.25) is 0 Å². The first-order valence-corrected chi connectivity index (χ1v) is 3.93. The molecule has 72 valence electrons. The first-order valence-electron chi connectivity index (χ1n) is 3.93. The lowest BCUT2D eigenvalue weighted by molar-refractivity contribution is -0.261. The Bertz CT molecular complexity index is 174. The maximum atomic E-state index is 12.3. The lowest BCUT2D eigenvalue weighted by Gasteiger charge is -2.29. The molecule has 0 N–H and O–H groups in total. The zero-order valence-corrected chi connectivity index (χ0v) is 7.46. The molecule has 0 heterocycles. The molecule has 0 aromatic rings. The predicted octanol–water partition coefficient (Wildman–Crippen LogP) is 2.90. The number of alkyl halides is 3. The number of hydrogen-bond acceptors (Lipinski definition) is 1. The predicted molar refractivity (Wildman–Crippen MR) is 38.9 cm³/mol. The molecule has 1 aliphatic rings. The normalized spacial score (nSPS) is 22.5. The first-order chi connectivity index (χ1) is 5.16. The fraction of sp³-hybridized carbons (Fsp3) is 1.00. The van der Waals surface area contributed by atoms with Gasteiger partial charge in [-0.1, -0.05) is 0 Å². The van der Waals surface area contributed by atoms with Crippen LogP contribution in [0.3, 0.4) is 0 Å². The van der Waals surface area contributed by atoms with Crippen LogP contribution in [-0.4, -0.2) is 17.4 Å². The Hall–Kier alpha value is -0.250. The van der Waals surface area contributed by atoms with Crippen LogP contribution in [0.2, 0.25) is 0 Å². The summed E-state index contributed by atoms with van der Waals surface area (Å²) < 4.78 is 41.9. The van der Waals surface area contributed by atoms with E-state index in [9.17, 15) is 13.2 Å². The molecule has 0 spiro atoms. The summed E-state index contributed by atoms with van der Waals surface area (Å²) in [7, 11) is 0. The molecule has 0 saturated heterocycles. The van der Waals surface area contributed by atoms with E-state index >= 15 is 0 Å². The molecule has 0 bridgehead atoms. The molecular formula is C8H13F3O. The van der Waals surface area contributed by atoms with Gasteiger partial charge in [0.1, 0.15) is 0 Å². The average molecular weight is 182 g/mol. The van der Waals surface area contributed by atoms with Crippen LogP contribution < -0.4 is 0 Å². The topological polar surface area (TPSA) is 9.23 Å². The van der Waals surface area contributed by atoms with E-state index in [4.69, 9.17) is 4.74 Å². The minimum Gasteiger partial charge on any atom is -0.360 e. The summed E-state index contributed by atoms with van der Waals surface area (Å²) in [6.07, 6.45) is -4.00. The Balaban J connectivity index is 2.63. The second-order valence-electron chi connectivity index (χ2n) is 4.21. The largest absolute Gasteiger partial charge is 0.417 e. The van der Waals surface area contributed by atoms with Crippen molar-refractivity contribution in [1.82, 2.24) is 0 Å². The minimum atomic E-state index is -4.21. The van der Waals surface area contributed by atoms with Crippen molar-refractivity contribution in [2.24, 2.45) is 0 Å². The van der Waals surface area contributed by atoms with Crippen LogP contribution in [-0.2, 0) is 4.74 Å². The highest BCUT2D eigenvalue weighted by Gasteiger charge is 2.66. The van der Waals surface area contributed by atoms with Gasteiger partial charge in [0.15, 0.2) is 5.60 Å². The summed E-state index contributed by atoms with van der Waals surface area (Å²) >= 11 is 0. The molecule has 1 saturated carbocycles. The van der Waals surface area contributed by atoms with Crippen LogP contribution >= 0.6 is 0 Å². The van der Waals surface area contributed by atoms with Gasteiger partial charge in [-0.3, -0.25) is 0 Å². The fourth-order valence-electron chi connectivity index (χ4n) is 1.14. The standard InChI is InChI=1S/C8H13F3O/c1-6(2,3)12-7(4-5-7)8(9,10)11/h4-5H2,1-3H3. The number of rotatable bonds is 1. The lowest BCUT2D eigenvalue weighted by atomic mass is 10.1. The highest BCUT2D eigenvalue weighted by Crippen LogP contribution is 2.53. The second kappa shape index (κ2) is 2.37. The molecule has 0 aromatic carbocycles. The van der Waals surface area contributed by atoms with Gasteiger partial charge in [0.05, 0.1) is 5.60 Å². The summed E-state index contributed by atoms with van der Waals surface area (Å²) in [5.74, 6) is 0. The van der Waals surface area contributed by atoms with Crippen LogP contribution in [0.5, 0.6) is 0 Å². The zero-order chi connectivity index (χ0) is 9.62. The van der Waals surface area contributed by atoms with Gasteiger partial charge in [-0.05, 0) is 33.6 Å². The Morgan fingerprint density at radius 2 is 1.50 bits per heavy atom. The highest BCUT2D eigenvalue weighted by atomic mass is 19.4. The van der Waals surface area contributed by atoms with E-state index in [1.165, 1.54) is 0 Å². The monoisotopic (exact) mass is 182 g/mol. The van der Waals surface area contributed by atoms with Crippen molar-refractivity contribution in [3.63, 3.8) is 0 Å². The van der Waals surface area contributed by atoms with Gasteiger partial charge in [-0.2, -0.15) is 13.2 Å². The maximum absolute atomic E-state index is 12.3. The van der Waals surface area contributed by atoms with Crippen LogP contribution in [0.1, 0.15) is 33.6 Å². The maximum Gasteiger partial charge on any atom is 0.417 e. The van der Waals surface area contributed by atoms with Crippen molar-refractivity contribution < 1.29 is 17.9 Å². The minimum absolute atomic E-state index is 0.105. The van der Waals surface area contributed by atoms with E-state index in [0.29, 0.717) is 0 Å². The van der Waals surface area contributed by atoms with Gasteiger partial charge in [-0.25, -0.2) is 0 Å². The van der Waals surface area contributed by atoms with Crippen molar-refractivity contribution in [1.29, 1.82) is 0 Å². The molecule has 1 fully saturated rings. The molecular weight excluding hydrogens is 169 g/mol. The van der Waals surface area contributed by atoms with Crippen molar-refractivity contribution >= 4 is 0 Å². The summed E-state index contributed by atoms with van der Waals surface area (Å²) in [5, 5.41) is 0. The highest BCUT2D eigenvalue weighted by molar-refractivity contribution is 5.03. The summed E-state index contributed by atoms with van der Waals surface area (Å²) in [6.45, 7) is 4.91. The molecule has 4 heteroatoms. The molecule has 12 heavy (non-hydrogen) atoms. The molecule has 0 radical (unpaired) electrons. The van der Waals surface area contributed by atoms with E-state index in [2.05, 4.69) is 0 Å². The Morgan fingerprint density at radius 3 is 1.58 bits per heavy atom. The van der Waals surface area contributed by atoms with Crippen molar-refractivity contribution in [2.45, 2.75) is 51.0 Å². The van der Waals surface area contributed by atoms with E-state index in [1.54, 1.807) is 20.8 Å². The Kier molecular flexibility index (Phi) is 1.95. The van der Waals surface area contributed by atoms with Gasteiger partial charge in [0.25, 0.3) is 0 Å².